The van der Waals surface area contributed by atoms with Crippen LogP contribution >= 0.6 is 0 Å². The van der Waals surface area contributed by atoms with Gasteiger partial charge in [-0.2, -0.15) is 0 Å². The quantitative estimate of drug-likeness (QED) is 0.697. The van der Waals surface area contributed by atoms with E-state index < -0.39 is 0 Å². The summed E-state index contributed by atoms with van der Waals surface area (Å²) in [6.07, 6.45) is 1.98. The molecule has 2 atom stereocenters. The molecule has 0 saturated carbocycles. The molecule has 0 bridgehead atoms. The third-order valence-electron chi connectivity index (χ3n) is 2.48. The van der Waals surface area contributed by atoms with Gasteiger partial charge in [0, 0.05) is 25.7 Å². The fraction of sp³-hybridized carbons (Fsp3) is 0.667. The summed E-state index contributed by atoms with van der Waals surface area (Å²) in [5.74, 6) is -0.336. The normalized spacial score (nSPS) is 24.6. The largest absolute Gasteiger partial charge is 0.420 e. The van der Waals surface area contributed by atoms with E-state index in [1.54, 1.807) is 7.11 Å². The molecule has 1 amide bonds. The molecule has 1 aromatic rings. The van der Waals surface area contributed by atoms with Crippen molar-refractivity contribution in [1.29, 1.82) is 0 Å². The first-order valence-electron chi connectivity index (χ1n) is 5.09. The molecule has 0 radical (unpaired) electrons. The third-order valence-corrected chi connectivity index (χ3v) is 2.48. The Morgan fingerprint density at radius 2 is 2.69 bits per heavy atom. The second-order valence-electron chi connectivity index (χ2n) is 3.71. The second kappa shape index (κ2) is 5.04. The lowest BCUT2D eigenvalue weighted by Gasteiger charge is -2.10. The van der Waals surface area contributed by atoms with Gasteiger partial charge in [-0.05, 0) is 6.42 Å². The summed E-state index contributed by atoms with van der Waals surface area (Å²) in [4.78, 5) is 11.6. The number of nitrogens with one attached hydrogen (secondary N) is 2. The van der Waals surface area contributed by atoms with E-state index >= 15 is 0 Å². The summed E-state index contributed by atoms with van der Waals surface area (Å²) in [5.41, 5.74) is 0. The highest BCUT2D eigenvalue weighted by atomic mass is 16.5. The van der Waals surface area contributed by atoms with Crippen LogP contribution in [0.5, 0.6) is 0 Å². The molecule has 16 heavy (non-hydrogen) atoms. The van der Waals surface area contributed by atoms with Crippen molar-refractivity contribution in [2.45, 2.75) is 18.5 Å². The van der Waals surface area contributed by atoms with Crippen LogP contribution in [0, 0.1) is 0 Å². The van der Waals surface area contributed by atoms with E-state index in [4.69, 9.17) is 9.15 Å². The van der Waals surface area contributed by atoms with E-state index in [9.17, 15) is 4.79 Å². The van der Waals surface area contributed by atoms with E-state index in [1.807, 2.05) is 0 Å². The first-order chi connectivity index (χ1) is 7.79. The predicted molar refractivity (Wildman–Crippen MR) is 53.8 cm³/mol. The van der Waals surface area contributed by atoms with Crippen LogP contribution in [-0.2, 0) is 4.74 Å². The Bertz CT molecular complexity index is 341. The van der Waals surface area contributed by atoms with Crippen molar-refractivity contribution < 1.29 is 13.9 Å². The van der Waals surface area contributed by atoms with Crippen molar-refractivity contribution in [2.75, 3.05) is 20.3 Å². The van der Waals surface area contributed by atoms with Crippen LogP contribution in [0.2, 0.25) is 0 Å². The van der Waals surface area contributed by atoms with Gasteiger partial charge in [-0.25, -0.2) is 0 Å². The van der Waals surface area contributed by atoms with Crippen LogP contribution in [0.15, 0.2) is 10.8 Å². The minimum Gasteiger partial charge on any atom is -0.420 e. The number of carbonyl (C=O) groups excluding carboxylic acids is 1. The van der Waals surface area contributed by atoms with Gasteiger partial charge in [0.15, 0.2) is 0 Å². The number of rotatable bonds is 4. The van der Waals surface area contributed by atoms with Crippen molar-refractivity contribution >= 4 is 5.91 Å². The lowest BCUT2D eigenvalue weighted by Crippen LogP contribution is -2.36. The molecule has 1 aliphatic rings. The summed E-state index contributed by atoms with van der Waals surface area (Å²) < 4.78 is 9.84. The number of hydrogen-bond donors (Lipinski definition) is 2. The van der Waals surface area contributed by atoms with E-state index in [0.717, 1.165) is 19.4 Å². The van der Waals surface area contributed by atoms with E-state index in [1.165, 1.54) is 0 Å². The van der Waals surface area contributed by atoms with Gasteiger partial charge >= 0.3 is 11.8 Å². The van der Waals surface area contributed by atoms with Gasteiger partial charge in [-0.3, -0.25) is 4.79 Å². The molecule has 7 heteroatoms. The van der Waals surface area contributed by atoms with Gasteiger partial charge < -0.3 is 19.8 Å². The predicted octanol–water partition coefficient (Wildman–Crippen LogP) is -0.824. The summed E-state index contributed by atoms with van der Waals surface area (Å²) in [5, 5.41) is 13.1. The number of amides is 1. The van der Waals surface area contributed by atoms with Crippen molar-refractivity contribution in [2.24, 2.45) is 0 Å². The van der Waals surface area contributed by atoms with Crippen LogP contribution in [0.25, 0.3) is 0 Å². The zero-order valence-electron chi connectivity index (χ0n) is 8.97. The Labute approximate surface area is 92.6 Å². The van der Waals surface area contributed by atoms with Gasteiger partial charge in [0.1, 0.15) is 0 Å². The van der Waals surface area contributed by atoms with Gasteiger partial charge in [0.05, 0.1) is 6.61 Å². The minimum absolute atomic E-state index is 0.00445. The van der Waals surface area contributed by atoms with Gasteiger partial charge in [0.2, 0.25) is 6.39 Å². The first-order valence-corrected chi connectivity index (χ1v) is 5.09. The monoisotopic (exact) mass is 226 g/mol. The fourth-order valence-electron chi connectivity index (χ4n) is 1.78. The molecule has 1 fully saturated rings. The fourth-order valence-corrected chi connectivity index (χ4v) is 1.78. The van der Waals surface area contributed by atoms with Crippen molar-refractivity contribution in [3.63, 3.8) is 0 Å². The average molecular weight is 226 g/mol. The Kier molecular flexibility index (Phi) is 3.47. The smallest absolute Gasteiger partial charge is 0.309 e. The van der Waals surface area contributed by atoms with E-state index in [0.29, 0.717) is 6.61 Å². The molecule has 2 heterocycles. The Morgan fingerprint density at radius 3 is 3.38 bits per heavy atom. The number of methoxy groups -OCH3 is 1. The zero-order chi connectivity index (χ0) is 11.4. The zero-order valence-corrected chi connectivity index (χ0v) is 8.97. The highest BCUT2D eigenvalue weighted by Crippen LogP contribution is 2.07. The van der Waals surface area contributed by atoms with Crippen molar-refractivity contribution in [3.05, 3.63) is 12.3 Å². The maximum atomic E-state index is 11.6. The van der Waals surface area contributed by atoms with Crippen LogP contribution in [0.1, 0.15) is 17.1 Å². The first kappa shape index (κ1) is 11.0. The highest BCUT2D eigenvalue weighted by Gasteiger charge is 2.26. The van der Waals surface area contributed by atoms with Crippen LogP contribution in [0.4, 0.5) is 0 Å². The second-order valence-corrected chi connectivity index (χ2v) is 3.71. The molecule has 0 spiro atoms. The Hall–Kier alpha value is -1.47. The lowest BCUT2D eigenvalue weighted by molar-refractivity contribution is 0.0903. The lowest BCUT2D eigenvalue weighted by atomic mass is 10.2. The molecule has 0 aromatic carbocycles. The van der Waals surface area contributed by atoms with E-state index in [2.05, 4.69) is 20.8 Å². The van der Waals surface area contributed by atoms with Crippen LogP contribution in [-0.4, -0.2) is 48.4 Å². The van der Waals surface area contributed by atoms with Gasteiger partial charge in [-0.15, -0.1) is 10.2 Å². The Balaban J connectivity index is 1.81. The summed E-state index contributed by atoms with van der Waals surface area (Å²) in [6, 6.07) is 0.373. The number of ether oxygens (including phenoxy) is 1. The molecule has 1 aromatic heterocycles. The molecular formula is C9H14N4O3. The summed E-state index contributed by atoms with van der Waals surface area (Å²) in [6.45, 7) is 1.38. The van der Waals surface area contributed by atoms with Crippen molar-refractivity contribution in [3.8, 4) is 0 Å². The summed E-state index contributed by atoms with van der Waals surface area (Å²) in [7, 11) is 1.66. The highest BCUT2D eigenvalue weighted by molar-refractivity contribution is 5.89. The summed E-state index contributed by atoms with van der Waals surface area (Å²) >= 11 is 0. The van der Waals surface area contributed by atoms with Crippen LogP contribution in [0.3, 0.4) is 0 Å². The SMILES string of the molecule is COC[C@@H]1C[C@@H](NC(=O)c2nnco2)CN1. The molecular weight excluding hydrogens is 212 g/mol. The van der Waals surface area contributed by atoms with Gasteiger partial charge in [0.25, 0.3) is 0 Å². The molecule has 1 saturated heterocycles. The number of nitrogens with zero attached hydrogens (tertiary/aromatic N) is 2. The number of aromatic nitrogens is 2. The maximum absolute atomic E-state index is 11.6. The molecule has 88 valence electrons. The molecule has 2 rings (SSSR count). The Morgan fingerprint density at radius 1 is 1.81 bits per heavy atom. The standard InChI is InChI=1S/C9H14N4O3/c1-15-4-7-2-6(3-10-7)12-8(14)9-13-11-5-16-9/h5-7,10H,2-4H2,1H3,(H,12,14)/t6-,7+/m1/s1. The maximum Gasteiger partial charge on any atom is 0.309 e. The molecule has 2 N–H and O–H groups in total. The molecule has 0 aliphatic carbocycles. The van der Waals surface area contributed by atoms with Gasteiger partial charge in [-0.1, -0.05) is 0 Å². The topological polar surface area (TPSA) is 89.3 Å². The third kappa shape index (κ3) is 2.56. The molecule has 7 nitrogen and oxygen atoms in total. The van der Waals surface area contributed by atoms with Crippen LogP contribution < -0.4 is 10.6 Å². The van der Waals surface area contributed by atoms with Crippen molar-refractivity contribution in [1.82, 2.24) is 20.8 Å². The minimum atomic E-state index is -0.331. The van der Waals surface area contributed by atoms with E-state index in [-0.39, 0.29) is 23.9 Å². The average Bonchev–Trinajstić information content (AvgIpc) is 2.89. The number of hydrogen-bond acceptors (Lipinski definition) is 6. The molecule has 1 aliphatic heterocycles. The number of carbonyl (C=O) groups is 1. The molecule has 0 unspecified atom stereocenters.